The Labute approximate surface area is 147 Å². The fraction of sp³-hybridized carbons (Fsp3) is 0.632. The SMILES string of the molecule is COc1ccc(COCC[C@H](CC=O)O[Si](C)(C)C(C)(C)C)cc1. The molecule has 136 valence electrons. The molecule has 0 aliphatic heterocycles. The summed E-state index contributed by atoms with van der Waals surface area (Å²) in [7, 11) is -0.214. The number of carbonyl (C=O) groups excluding carboxylic acids is 1. The molecule has 1 atom stereocenters. The molecule has 0 amide bonds. The number of methoxy groups -OCH3 is 1. The first-order chi connectivity index (χ1) is 11.2. The van der Waals surface area contributed by atoms with Gasteiger partial charge >= 0.3 is 0 Å². The van der Waals surface area contributed by atoms with Gasteiger partial charge in [0.1, 0.15) is 12.0 Å². The highest BCUT2D eigenvalue weighted by atomic mass is 28.4. The second kappa shape index (κ2) is 9.35. The van der Waals surface area contributed by atoms with Gasteiger partial charge in [0.25, 0.3) is 0 Å². The van der Waals surface area contributed by atoms with Crippen molar-refractivity contribution in [3.05, 3.63) is 29.8 Å². The quantitative estimate of drug-likeness (QED) is 0.351. The van der Waals surface area contributed by atoms with Gasteiger partial charge < -0.3 is 18.7 Å². The molecule has 0 bridgehead atoms. The van der Waals surface area contributed by atoms with Crippen molar-refractivity contribution < 1.29 is 18.7 Å². The number of aldehydes is 1. The molecule has 4 nitrogen and oxygen atoms in total. The van der Waals surface area contributed by atoms with Gasteiger partial charge in [0.15, 0.2) is 8.32 Å². The molecule has 24 heavy (non-hydrogen) atoms. The van der Waals surface area contributed by atoms with Crippen LogP contribution in [0.25, 0.3) is 0 Å². The molecule has 0 heterocycles. The highest BCUT2D eigenvalue weighted by Crippen LogP contribution is 2.37. The van der Waals surface area contributed by atoms with Crippen LogP contribution in [0.2, 0.25) is 18.1 Å². The second-order valence-electron chi connectivity index (χ2n) is 7.59. The highest BCUT2D eigenvalue weighted by molar-refractivity contribution is 6.74. The van der Waals surface area contributed by atoms with Gasteiger partial charge in [-0.25, -0.2) is 0 Å². The van der Waals surface area contributed by atoms with Crippen molar-refractivity contribution in [2.24, 2.45) is 0 Å². The van der Waals surface area contributed by atoms with Crippen LogP contribution in [0, 0.1) is 0 Å². The molecule has 0 N–H and O–H groups in total. The molecule has 0 saturated carbocycles. The maximum atomic E-state index is 10.9. The lowest BCUT2D eigenvalue weighted by atomic mass is 10.2. The monoisotopic (exact) mass is 352 g/mol. The number of benzene rings is 1. The van der Waals surface area contributed by atoms with Gasteiger partial charge in [-0.3, -0.25) is 0 Å². The smallest absolute Gasteiger partial charge is 0.192 e. The van der Waals surface area contributed by atoms with Crippen molar-refractivity contribution >= 4 is 14.6 Å². The number of hydrogen-bond acceptors (Lipinski definition) is 4. The maximum absolute atomic E-state index is 10.9. The lowest BCUT2D eigenvalue weighted by Crippen LogP contribution is -2.44. The third-order valence-corrected chi connectivity index (χ3v) is 9.17. The number of ether oxygens (including phenoxy) is 2. The van der Waals surface area contributed by atoms with Crippen LogP contribution in [0.1, 0.15) is 39.2 Å². The first kappa shape index (κ1) is 20.9. The normalized spacial score (nSPS) is 13.6. The van der Waals surface area contributed by atoms with Gasteiger partial charge in [0.05, 0.1) is 19.8 Å². The Morgan fingerprint density at radius 3 is 2.29 bits per heavy atom. The summed E-state index contributed by atoms with van der Waals surface area (Å²) in [4.78, 5) is 10.9. The fourth-order valence-corrected chi connectivity index (χ4v) is 3.45. The molecular weight excluding hydrogens is 320 g/mol. The van der Waals surface area contributed by atoms with E-state index < -0.39 is 8.32 Å². The molecule has 1 aromatic rings. The standard InChI is InChI=1S/C19H32O4Si/c1-19(2,3)24(5,6)23-18(11-13-20)12-14-22-15-16-7-9-17(21-4)10-8-16/h7-10,13,18H,11-12,14-15H2,1-6H3/t18-/m0/s1. The molecule has 1 aromatic carbocycles. The predicted molar refractivity (Wildman–Crippen MR) is 100 cm³/mol. The molecule has 1 rings (SSSR count). The molecule has 0 spiro atoms. The van der Waals surface area contributed by atoms with Crippen molar-refractivity contribution in [1.29, 1.82) is 0 Å². The summed E-state index contributed by atoms with van der Waals surface area (Å²) in [5.41, 5.74) is 1.10. The topological polar surface area (TPSA) is 44.8 Å². The zero-order chi connectivity index (χ0) is 18.2. The Morgan fingerprint density at radius 2 is 1.79 bits per heavy atom. The highest BCUT2D eigenvalue weighted by Gasteiger charge is 2.38. The number of carbonyl (C=O) groups is 1. The zero-order valence-corrected chi connectivity index (χ0v) is 16.9. The van der Waals surface area contributed by atoms with E-state index in [1.165, 1.54) is 0 Å². The summed E-state index contributed by atoms with van der Waals surface area (Å²) in [6.07, 6.45) is 2.06. The Balaban J connectivity index is 2.44. The largest absolute Gasteiger partial charge is 0.497 e. The van der Waals surface area contributed by atoms with E-state index in [1.54, 1.807) is 7.11 Å². The summed E-state index contributed by atoms with van der Waals surface area (Å²) in [6.45, 7) is 12.2. The van der Waals surface area contributed by atoms with Crippen molar-refractivity contribution in [1.82, 2.24) is 0 Å². The molecule has 0 radical (unpaired) electrons. The maximum Gasteiger partial charge on any atom is 0.192 e. The van der Waals surface area contributed by atoms with Crippen LogP contribution in [0.5, 0.6) is 5.75 Å². The summed E-state index contributed by atoms with van der Waals surface area (Å²) in [5.74, 6) is 0.840. The Kier molecular flexibility index (Phi) is 8.13. The van der Waals surface area contributed by atoms with Gasteiger partial charge in [0, 0.05) is 13.0 Å². The summed E-state index contributed by atoms with van der Waals surface area (Å²) < 4.78 is 17.2. The molecule has 0 aliphatic rings. The Hall–Kier alpha value is -1.17. The summed E-state index contributed by atoms with van der Waals surface area (Å²) >= 11 is 0. The minimum atomic E-state index is -1.87. The molecule has 0 saturated heterocycles. The number of rotatable bonds is 10. The summed E-state index contributed by atoms with van der Waals surface area (Å²) in [6, 6.07) is 7.84. The number of hydrogen-bond donors (Lipinski definition) is 0. The lowest BCUT2D eigenvalue weighted by Gasteiger charge is -2.39. The Bertz CT molecular complexity index is 491. The molecule has 0 aliphatic carbocycles. The zero-order valence-electron chi connectivity index (χ0n) is 15.9. The molecule has 0 fully saturated rings. The van der Waals surface area contributed by atoms with Crippen molar-refractivity contribution in [2.45, 2.75) is 64.5 Å². The van der Waals surface area contributed by atoms with Crippen LogP contribution < -0.4 is 4.74 Å². The minimum Gasteiger partial charge on any atom is -0.497 e. The van der Waals surface area contributed by atoms with Gasteiger partial charge in [0.2, 0.25) is 0 Å². The van der Waals surface area contributed by atoms with Gasteiger partial charge in [-0.15, -0.1) is 0 Å². The van der Waals surface area contributed by atoms with Crippen LogP contribution in [0.15, 0.2) is 24.3 Å². The van der Waals surface area contributed by atoms with E-state index in [0.717, 1.165) is 24.0 Å². The lowest BCUT2D eigenvalue weighted by molar-refractivity contribution is -0.109. The van der Waals surface area contributed by atoms with E-state index in [1.807, 2.05) is 24.3 Å². The first-order valence-corrected chi connectivity index (χ1v) is 11.4. The predicted octanol–water partition coefficient (Wildman–Crippen LogP) is 4.58. The average molecular weight is 353 g/mol. The van der Waals surface area contributed by atoms with Crippen molar-refractivity contribution in [2.75, 3.05) is 13.7 Å². The third-order valence-electron chi connectivity index (χ3n) is 4.64. The van der Waals surface area contributed by atoms with Crippen LogP contribution in [0.4, 0.5) is 0 Å². The van der Waals surface area contributed by atoms with Crippen molar-refractivity contribution in [3.63, 3.8) is 0 Å². The third kappa shape index (κ3) is 6.75. The average Bonchev–Trinajstić information content (AvgIpc) is 2.51. The minimum absolute atomic E-state index is 0.0562. The van der Waals surface area contributed by atoms with E-state index in [4.69, 9.17) is 13.9 Å². The second-order valence-corrected chi connectivity index (χ2v) is 12.3. The molecule has 0 aromatic heterocycles. The van der Waals surface area contributed by atoms with Gasteiger partial charge in [-0.2, -0.15) is 0 Å². The van der Waals surface area contributed by atoms with Gasteiger partial charge in [-0.05, 0) is 42.2 Å². The Morgan fingerprint density at radius 1 is 1.17 bits per heavy atom. The first-order valence-electron chi connectivity index (χ1n) is 8.51. The van der Waals surface area contributed by atoms with Crippen LogP contribution in [0.3, 0.4) is 0 Å². The van der Waals surface area contributed by atoms with Crippen LogP contribution in [-0.4, -0.2) is 34.4 Å². The molecular formula is C19H32O4Si. The van der Waals surface area contributed by atoms with E-state index in [-0.39, 0.29) is 11.1 Å². The fourth-order valence-electron chi connectivity index (χ4n) is 2.05. The molecule has 0 unspecified atom stereocenters. The van der Waals surface area contributed by atoms with Crippen molar-refractivity contribution in [3.8, 4) is 5.75 Å². The summed E-state index contributed by atoms with van der Waals surface area (Å²) in [5, 5.41) is 0.137. The van der Waals surface area contributed by atoms with E-state index in [2.05, 4.69) is 33.9 Å². The van der Waals surface area contributed by atoms with E-state index in [9.17, 15) is 4.79 Å². The van der Waals surface area contributed by atoms with E-state index in [0.29, 0.717) is 19.6 Å². The van der Waals surface area contributed by atoms with Crippen LogP contribution in [-0.2, 0) is 20.6 Å². The van der Waals surface area contributed by atoms with Gasteiger partial charge in [-0.1, -0.05) is 32.9 Å². The molecule has 5 heteroatoms. The van der Waals surface area contributed by atoms with Crippen LogP contribution >= 0.6 is 0 Å². The van der Waals surface area contributed by atoms with E-state index >= 15 is 0 Å².